The van der Waals surface area contributed by atoms with Crippen molar-refractivity contribution >= 4 is 0 Å². The maximum absolute atomic E-state index is 9.37. The lowest BCUT2D eigenvalue weighted by Crippen LogP contribution is -2.62. The standard InChI is InChI=1S/C17H30O2/c1-16(2)15-8-10-17(19-16,12-13(15)9-11-18)14-6-4-3-5-7-14/h13-15,18H,3-12H2,1-2H3/t13-,15-,17+/m1/s1. The van der Waals surface area contributed by atoms with Crippen molar-refractivity contribution < 1.29 is 9.84 Å². The van der Waals surface area contributed by atoms with Crippen LogP contribution in [0.2, 0.25) is 0 Å². The molecule has 0 radical (unpaired) electrons. The van der Waals surface area contributed by atoms with E-state index in [9.17, 15) is 5.11 Å². The van der Waals surface area contributed by atoms with Gasteiger partial charge >= 0.3 is 0 Å². The molecule has 2 saturated heterocycles. The van der Waals surface area contributed by atoms with Gasteiger partial charge in [0.2, 0.25) is 0 Å². The first-order chi connectivity index (χ1) is 9.07. The number of hydrogen-bond acceptors (Lipinski definition) is 2. The number of hydrogen-bond donors (Lipinski definition) is 1. The molecule has 0 aromatic heterocycles. The minimum absolute atomic E-state index is 0.0216. The van der Waals surface area contributed by atoms with Gasteiger partial charge in [0.25, 0.3) is 0 Å². The van der Waals surface area contributed by atoms with Gasteiger partial charge in [-0.05, 0) is 70.1 Å². The second-order valence-electron chi connectivity index (χ2n) is 7.73. The lowest BCUT2D eigenvalue weighted by atomic mass is 9.57. The fourth-order valence-corrected chi connectivity index (χ4v) is 5.48. The van der Waals surface area contributed by atoms with Gasteiger partial charge in [-0.1, -0.05) is 19.3 Å². The summed E-state index contributed by atoms with van der Waals surface area (Å²) in [6.45, 7) is 4.92. The van der Waals surface area contributed by atoms with Gasteiger partial charge in [-0.25, -0.2) is 0 Å². The Kier molecular flexibility index (Phi) is 3.68. The third-order valence-electron chi connectivity index (χ3n) is 6.26. The van der Waals surface area contributed by atoms with E-state index in [1.54, 1.807) is 0 Å². The van der Waals surface area contributed by atoms with E-state index in [0.717, 1.165) is 12.3 Å². The van der Waals surface area contributed by atoms with Crippen LogP contribution in [0.15, 0.2) is 0 Å². The van der Waals surface area contributed by atoms with Gasteiger partial charge in [0, 0.05) is 6.61 Å². The highest BCUT2D eigenvalue weighted by atomic mass is 16.5. The minimum atomic E-state index is 0.0216. The monoisotopic (exact) mass is 266 g/mol. The molecule has 110 valence electrons. The van der Waals surface area contributed by atoms with Crippen LogP contribution >= 0.6 is 0 Å². The number of aliphatic hydroxyl groups is 1. The summed E-state index contributed by atoms with van der Waals surface area (Å²) in [5.41, 5.74) is 0.173. The van der Waals surface area contributed by atoms with E-state index in [-0.39, 0.29) is 11.2 Å². The van der Waals surface area contributed by atoms with E-state index in [4.69, 9.17) is 4.74 Å². The third kappa shape index (κ3) is 2.35. The molecule has 0 aromatic rings. The normalized spacial score (nSPS) is 42.5. The van der Waals surface area contributed by atoms with E-state index in [2.05, 4.69) is 13.8 Å². The first kappa shape index (κ1) is 13.9. The van der Waals surface area contributed by atoms with Gasteiger partial charge in [0.1, 0.15) is 0 Å². The summed E-state index contributed by atoms with van der Waals surface area (Å²) in [6.07, 6.45) is 11.7. The molecule has 2 aliphatic heterocycles. The first-order valence-corrected chi connectivity index (χ1v) is 8.38. The molecular weight excluding hydrogens is 236 g/mol. The molecule has 2 heteroatoms. The summed E-state index contributed by atoms with van der Waals surface area (Å²) in [7, 11) is 0. The van der Waals surface area contributed by atoms with Crippen LogP contribution < -0.4 is 0 Å². The Bertz CT molecular complexity index is 319. The highest BCUT2D eigenvalue weighted by molar-refractivity contribution is 5.06. The molecule has 0 aromatic carbocycles. The van der Waals surface area contributed by atoms with Gasteiger partial charge in [-0.2, -0.15) is 0 Å². The average molecular weight is 266 g/mol. The Morgan fingerprint density at radius 1 is 1.11 bits per heavy atom. The summed E-state index contributed by atoms with van der Waals surface area (Å²) in [6, 6.07) is 0. The Balaban J connectivity index is 1.83. The van der Waals surface area contributed by atoms with E-state index in [1.807, 2.05) is 0 Å². The van der Waals surface area contributed by atoms with Crippen LogP contribution in [-0.2, 0) is 4.74 Å². The van der Waals surface area contributed by atoms with Crippen LogP contribution in [0.25, 0.3) is 0 Å². The van der Waals surface area contributed by atoms with Gasteiger partial charge in [0.05, 0.1) is 11.2 Å². The molecule has 4 rings (SSSR count). The van der Waals surface area contributed by atoms with Crippen LogP contribution in [0.5, 0.6) is 0 Å². The van der Waals surface area contributed by atoms with Crippen LogP contribution in [0.3, 0.4) is 0 Å². The minimum Gasteiger partial charge on any atom is -0.396 e. The van der Waals surface area contributed by atoms with Crippen molar-refractivity contribution in [3.63, 3.8) is 0 Å². The molecule has 0 unspecified atom stereocenters. The molecule has 2 bridgehead atoms. The zero-order chi connectivity index (χ0) is 13.5. The topological polar surface area (TPSA) is 29.5 Å². The lowest BCUT2D eigenvalue weighted by molar-refractivity contribution is -0.281. The van der Waals surface area contributed by atoms with Crippen molar-refractivity contribution in [3.8, 4) is 0 Å². The zero-order valence-corrected chi connectivity index (χ0v) is 12.7. The van der Waals surface area contributed by atoms with E-state index in [0.29, 0.717) is 18.4 Å². The van der Waals surface area contributed by atoms with Crippen molar-refractivity contribution in [3.05, 3.63) is 0 Å². The number of rotatable bonds is 3. The second-order valence-corrected chi connectivity index (χ2v) is 7.73. The molecule has 3 atom stereocenters. The van der Waals surface area contributed by atoms with Crippen molar-refractivity contribution in [1.82, 2.24) is 0 Å². The smallest absolute Gasteiger partial charge is 0.0720 e. The summed E-state index contributed by atoms with van der Waals surface area (Å²) in [5.74, 6) is 2.12. The molecule has 2 nitrogen and oxygen atoms in total. The summed E-state index contributed by atoms with van der Waals surface area (Å²) in [5, 5.41) is 9.37. The Hall–Kier alpha value is -0.0800. The van der Waals surface area contributed by atoms with Crippen molar-refractivity contribution in [2.45, 2.75) is 82.8 Å². The zero-order valence-electron chi connectivity index (χ0n) is 12.7. The second kappa shape index (κ2) is 5.04. The average Bonchev–Trinajstić information content (AvgIpc) is 2.39. The van der Waals surface area contributed by atoms with Crippen molar-refractivity contribution in [2.75, 3.05) is 6.61 Å². The Labute approximate surface area is 117 Å². The molecule has 19 heavy (non-hydrogen) atoms. The molecule has 2 aliphatic carbocycles. The Morgan fingerprint density at radius 3 is 2.47 bits per heavy atom. The largest absolute Gasteiger partial charge is 0.396 e. The molecule has 2 saturated carbocycles. The summed E-state index contributed by atoms with van der Waals surface area (Å²) in [4.78, 5) is 0. The van der Waals surface area contributed by atoms with E-state index in [1.165, 1.54) is 51.4 Å². The molecule has 1 N–H and O–H groups in total. The summed E-state index contributed by atoms with van der Waals surface area (Å²) >= 11 is 0. The van der Waals surface area contributed by atoms with E-state index < -0.39 is 0 Å². The highest BCUT2D eigenvalue weighted by Crippen LogP contribution is 2.58. The molecule has 2 heterocycles. The lowest BCUT2D eigenvalue weighted by Gasteiger charge is -2.61. The predicted octanol–water partition coefficient (Wildman–Crippen LogP) is 3.91. The van der Waals surface area contributed by atoms with E-state index >= 15 is 0 Å². The fraction of sp³-hybridized carbons (Fsp3) is 1.00. The third-order valence-corrected chi connectivity index (χ3v) is 6.26. The fourth-order valence-electron chi connectivity index (χ4n) is 5.48. The SMILES string of the molecule is CC1(C)O[C@@]2(C3CCCCC3)CC[C@@H]1[C@H](CCO)C2. The van der Waals surface area contributed by atoms with Crippen molar-refractivity contribution in [2.24, 2.45) is 17.8 Å². The summed E-state index contributed by atoms with van der Waals surface area (Å²) < 4.78 is 6.69. The van der Waals surface area contributed by atoms with Crippen LogP contribution in [0.4, 0.5) is 0 Å². The first-order valence-electron chi connectivity index (χ1n) is 8.38. The van der Waals surface area contributed by atoms with Crippen molar-refractivity contribution in [1.29, 1.82) is 0 Å². The van der Waals surface area contributed by atoms with Gasteiger partial charge in [-0.15, -0.1) is 0 Å². The van der Waals surface area contributed by atoms with Crippen LogP contribution in [0, 0.1) is 17.8 Å². The maximum Gasteiger partial charge on any atom is 0.0720 e. The quantitative estimate of drug-likeness (QED) is 0.839. The van der Waals surface area contributed by atoms with Gasteiger partial charge in [0.15, 0.2) is 0 Å². The molecule has 4 aliphatic rings. The maximum atomic E-state index is 9.37. The van der Waals surface area contributed by atoms with Gasteiger partial charge < -0.3 is 9.84 Å². The molecule has 0 amide bonds. The molecule has 0 spiro atoms. The predicted molar refractivity (Wildman–Crippen MR) is 77.0 cm³/mol. The van der Waals surface area contributed by atoms with Crippen LogP contribution in [-0.4, -0.2) is 22.9 Å². The Morgan fingerprint density at radius 2 is 1.84 bits per heavy atom. The van der Waals surface area contributed by atoms with Gasteiger partial charge in [-0.3, -0.25) is 0 Å². The highest BCUT2D eigenvalue weighted by Gasteiger charge is 2.57. The number of fused-ring (bicyclic) bond motifs is 3. The molecule has 4 fully saturated rings. The molecular formula is C17H30O2. The van der Waals surface area contributed by atoms with Crippen LogP contribution in [0.1, 0.15) is 71.6 Å². The number of aliphatic hydroxyl groups excluding tert-OH is 1. The number of ether oxygens (including phenoxy) is 1.